The average Bonchev–Trinajstić information content (AvgIpc) is 2.61. The summed E-state index contributed by atoms with van der Waals surface area (Å²) in [4.78, 5) is 4.32. The van der Waals surface area contributed by atoms with E-state index >= 15 is 0 Å². The molecule has 0 amide bonds. The van der Waals surface area contributed by atoms with Gasteiger partial charge in [-0.2, -0.15) is 0 Å². The van der Waals surface area contributed by atoms with Gasteiger partial charge in [0.15, 0.2) is 0 Å². The predicted octanol–water partition coefficient (Wildman–Crippen LogP) is 2.34. The topological polar surface area (TPSA) is 33.1 Å². The van der Waals surface area contributed by atoms with Crippen molar-refractivity contribution in [3.63, 3.8) is 0 Å². The van der Waals surface area contributed by atoms with Crippen molar-refractivity contribution in [1.82, 2.24) is 4.98 Å². The van der Waals surface area contributed by atoms with Crippen LogP contribution in [0.2, 0.25) is 0 Å². The Kier molecular flexibility index (Phi) is 1.96. The highest BCUT2D eigenvalue weighted by Gasteiger charge is 2.49. The van der Waals surface area contributed by atoms with Gasteiger partial charge in [-0.3, -0.25) is 0 Å². The van der Waals surface area contributed by atoms with Crippen molar-refractivity contribution in [2.24, 2.45) is 0 Å². The van der Waals surface area contributed by atoms with Crippen LogP contribution in [0.3, 0.4) is 0 Å². The van der Waals surface area contributed by atoms with E-state index in [4.69, 9.17) is 0 Å². The first kappa shape index (κ1) is 9.16. The van der Waals surface area contributed by atoms with Crippen LogP contribution in [0.15, 0.2) is 10.9 Å². The number of rotatable bonds is 1. The van der Waals surface area contributed by atoms with Crippen LogP contribution >= 0.6 is 11.3 Å². The maximum Gasteiger partial charge on any atom is 0.0794 e. The van der Waals surface area contributed by atoms with E-state index in [1.54, 1.807) is 11.3 Å². The highest BCUT2D eigenvalue weighted by atomic mass is 32.1. The summed E-state index contributed by atoms with van der Waals surface area (Å²) in [5, 5.41) is 12.3. The summed E-state index contributed by atoms with van der Waals surface area (Å²) in [6, 6.07) is 0. The average molecular weight is 197 g/mol. The van der Waals surface area contributed by atoms with Crippen molar-refractivity contribution >= 4 is 11.3 Å². The number of aliphatic hydroxyl groups is 1. The minimum atomic E-state index is -0.582. The van der Waals surface area contributed by atoms with E-state index in [1.165, 1.54) is 0 Å². The Balaban J connectivity index is 2.40. The summed E-state index contributed by atoms with van der Waals surface area (Å²) in [7, 11) is 0. The van der Waals surface area contributed by atoms with Crippen LogP contribution in [0.25, 0.3) is 0 Å². The molecule has 2 atom stereocenters. The number of thiazole rings is 1. The highest BCUT2D eigenvalue weighted by molar-refractivity contribution is 7.07. The minimum absolute atomic E-state index is 0.132. The van der Waals surface area contributed by atoms with Gasteiger partial charge in [0.1, 0.15) is 0 Å². The number of hydrogen-bond acceptors (Lipinski definition) is 3. The molecule has 0 saturated heterocycles. The lowest BCUT2D eigenvalue weighted by Crippen LogP contribution is -2.42. The van der Waals surface area contributed by atoms with Gasteiger partial charge in [-0.15, -0.1) is 11.3 Å². The van der Waals surface area contributed by atoms with Gasteiger partial charge in [-0.1, -0.05) is 6.92 Å². The molecule has 13 heavy (non-hydrogen) atoms. The van der Waals surface area contributed by atoms with Crippen molar-refractivity contribution in [1.29, 1.82) is 0 Å². The maximum atomic E-state index is 10.2. The van der Waals surface area contributed by atoms with Crippen molar-refractivity contribution in [2.45, 2.75) is 44.1 Å². The summed E-state index contributed by atoms with van der Waals surface area (Å²) in [5.41, 5.74) is 2.18. The monoisotopic (exact) mass is 197 g/mol. The fourth-order valence-corrected chi connectivity index (χ4v) is 2.91. The van der Waals surface area contributed by atoms with Gasteiger partial charge in [-0.05, 0) is 26.2 Å². The van der Waals surface area contributed by atoms with Gasteiger partial charge in [0, 0.05) is 10.8 Å². The van der Waals surface area contributed by atoms with Gasteiger partial charge in [-0.25, -0.2) is 4.98 Å². The zero-order chi connectivity index (χ0) is 9.53. The van der Waals surface area contributed by atoms with Crippen LogP contribution in [-0.2, 0) is 5.41 Å². The third-order valence-corrected chi connectivity index (χ3v) is 4.11. The van der Waals surface area contributed by atoms with Crippen molar-refractivity contribution < 1.29 is 5.11 Å². The SMILES string of the molecule is CC1(O)CCCC1(C)c1cscn1. The van der Waals surface area contributed by atoms with E-state index in [0.29, 0.717) is 0 Å². The van der Waals surface area contributed by atoms with Crippen LogP contribution in [0.4, 0.5) is 0 Å². The quantitative estimate of drug-likeness (QED) is 0.749. The highest BCUT2D eigenvalue weighted by Crippen LogP contribution is 2.47. The molecule has 1 aliphatic carbocycles. The molecule has 0 radical (unpaired) electrons. The molecule has 1 aromatic heterocycles. The maximum absolute atomic E-state index is 10.2. The van der Waals surface area contributed by atoms with E-state index in [2.05, 4.69) is 17.3 Å². The molecule has 1 N–H and O–H groups in total. The molecule has 1 aliphatic rings. The molecule has 0 aromatic carbocycles. The first-order chi connectivity index (χ1) is 6.06. The zero-order valence-corrected chi connectivity index (χ0v) is 8.90. The molecule has 1 aromatic rings. The van der Waals surface area contributed by atoms with E-state index in [9.17, 15) is 5.11 Å². The molecule has 0 bridgehead atoms. The molecule has 1 saturated carbocycles. The van der Waals surface area contributed by atoms with Crippen LogP contribution in [0, 0.1) is 0 Å². The van der Waals surface area contributed by atoms with Crippen LogP contribution < -0.4 is 0 Å². The Bertz CT molecular complexity index is 294. The minimum Gasteiger partial charge on any atom is -0.389 e. The van der Waals surface area contributed by atoms with Gasteiger partial charge in [0.2, 0.25) is 0 Å². The second kappa shape index (κ2) is 2.79. The summed E-state index contributed by atoms with van der Waals surface area (Å²) in [6.45, 7) is 4.05. The molecule has 2 rings (SSSR count). The van der Waals surface area contributed by atoms with Gasteiger partial charge in [0.05, 0.1) is 16.8 Å². The summed E-state index contributed by atoms with van der Waals surface area (Å²) in [5.74, 6) is 0. The Morgan fingerprint density at radius 3 is 2.69 bits per heavy atom. The van der Waals surface area contributed by atoms with Crippen LogP contribution in [0.5, 0.6) is 0 Å². The lowest BCUT2D eigenvalue weighted by atomic mass is 9.75. The largest absolute Gasteiger partial charge is 0.389 e. The van der Waals surface area contributed by atoms with Gasteiger partial charge < -0.3 is 5.11 Å². The lowest BCUT2D eigenvalue weighted by molar-refractivity contribution is 0.00539. The molecular weight excluding hydrogens is 182 g/mol. The molecule has 1 heterocycles. The van der Waals surface area contributed by atoms with Crippen LogP contribution in [0.1, 0.15) is 38.8 Å². The fourth-order valence-electron chi connectivity index (χ4n) is 2.22. The smallest absolute Gasteiger partial charge is 0.0794 e. The molecule has 0 aliphatic heterocycles. The number of nitrogens with zero attached hydrogens (tertiary/aromatic N) is 1. The first-order valence-corrected chi connectivity index (χ1v) is 5.62. The lowest BCUT2D eigenvalue weighted by Gasteiger charge is -2.35. The van der Waals surface area contributed by atoms with E-state index in [-0.39, 0.29) is 5.41 Å². The fraction of sp³-hybridized carbons (Fsp3) is 0.700. The summed E-state index contributed by atoms with van der Waals surface area (Å²) >= 11 is 1.60. The molecule has 2 unspecified atom stereocenters. The van der Waals surface area contributed by atoms with E-state index in [0.717, 1.165) is 25.0 Å². The first-order valence-electron chi connectivity index (χ1n) is 4.67. The van der Waals surface area contributed by atoms with E-state index < -0.39 is 5.60 Å². The molecule has 2 nitrogen and oxygen atoms in total. The number of aromatic nitrogens is 1. The standard InChI is InChI=1S/C10H15NOS/c1-9(8-6-13-7-11-8)4-3-5-10(9,2)12/h6-7,12H,3-5H2,1-2H3. The Hall–Kier alpha value is -0.410. The summed E-state index contributed by atoms with van der Waals surface area (Å²) in [6.07, 6.45) is 3.03. The predicted molar refractivity (Wildman–Crippen MR) is 53.9 cm³/mol. The Labute approximate surface area is 82.6 Å². The third kappa shape index (κ3) is 1.22. The second-order valence-corrected chi connectivity index (χ2v) is 5.05. The molecule has 1 fully saturated rings. The van der Waals surface area contributed by atoms with Gasteiger partial charge in [0.25, 0.3) is 0 Å². The second-order valence-electron chi connectivity index (χ2n) is 4.33. The molecular formula is C10H15NOS. The van der Waals surface area contributed by atoms with E-state index in [1.807, 2.05) is 12.4 Å². The Morgan fingerprint density at radius 1 is 1.46 bits per heavy atom. The van der Waals surface area contributed by atoms with Crippen molar-refractivity contribution in [2.75, 3.05) is 0 Å². The molecule has 72 valence electrons. The van der Waals surface area contributed by atoms with Crippen LogP contribution in [-0.4, -0.2) is 15.7 Å². The molecule has 0 spiro atoms. The normalized spacial score (nSPS) is 39.6. The zero-order valence-electron chi connectivity index (χ0n) is 8.08. The molecule has 3 heteroatoms. The van der Waals surface area contributed by atoms with Crippen molar-refractivity contribution in [3.05, 3.63) is 16.6 Å². The third-order valence-electron chi connectivity index (χ3n) is 3.53. The van der Waals surface area contributed by atoms with Gasteiger partial charge >= 0.3 is 0 Å². The van der Waals surface area contributed by atoms with Crippen molar-refractivity contribution in [3.8, 4) is 0 Å². The summed E-state index contributed by atoms with van der Waals surface area (Å²) < 4.78 is 0. The number of hydrogen-bond donors (Lipinski definition) is 1. The Morgan fingerprint density at radius 2 is 2.23 bits per heavy atom.